The van der Waals surface area contributed by atoms with Crippen molar-refractivity contribution >= 4 is 17.0 Å². The third-order valence-electron chi connectivity index (χ3n) is 2.54. The molecule has 1 aromatic heterocycles. The monoisotopic (exact) mass is 202 g/mol. The Labute approximate surface area is 86.9 Å². The first-order chi connectivity index (χ1) is 7.40. The number of hydrogen-bond acceptors (Lipinski definition) is 3. The quantitative estimate of drug-likeness (QED) is 0.712. The number of benzene rings is 1. The molecule has 0 saturated heterocycles. The van der Waals surface area contributed by atoms with E-state index in [1.54, 1.807) is 13.4 Å². The van der Waals surface area contributed by atoms with Crippen LogP contribution >= 0.6 is 0 Å². The molecule has 3 heteroatoms. The molecule has 0 amide bonds. The number of hydrogen-bond donors (Lipinski definition) is 0. The van der Waals surface area contributed by atoms with E-state index >= 15 is 0 Å². The van der Waals surface area contributed by atoms with Crippen LogP contribution in [0.4, 0.5) is 0 Å². The van der Waals surface area contributed by atoms with Crippen molar-refractivity contribution in [2.24, 2.45) is 0 Å². The first-order valence-corrected chi connectivity index (χ1v) is 4.77. The third kappa shape index (κ3) is 1.13. The van der Waals surface area contributed by atoms with Crippen LogP contribution in [0.3, 0.4) is 0 Å². The van der Waals surface area contributed by atoms with Gasteiger partial charge < -0.3 is 13.9 Å². The fourth-order valence-corrected chi connectivity index (χ4v) is 1.88. The highest BCUT2D eigenvalue weighted by atomic mass is 16.5. The molecule has 0 bridgehead atoms. The summed E-state index contributed by atoms with van der Waals surface area (Å²) in [5.74, 6) is 1.63. The van der Waals surface area contributed by atoms with Crippen molar-refractivity contribution in [3.8, 4) is 11.5 Å². The Morgan fingerprint density at radius 1 is 1.40 bits per heavy atom. The van der Waals surface area contributed by atoms with E-state index in [0.29, 0.717) is 6.61 Å². The van der Waals surface area contributed by atoms with Gasteiger partial charge in [0.2, 0.25) is 0 Å². The fourth-order valence-electron chi connectivity index (χ4n) is 1.88. The zero-order chi connectivity index (χ0) is 10.3. The molecule has 15 heavy (non-hydrogen) atoms. The molecule has 1 aliphatic rings. The number of furan rings is 1. The number of methoxy groups -OCH3 is 1. The lowest BCUT2D eigenvalue weighted by molar-refractivity contribution is 0.352. The van der Waals surface area contributed by atoms with Crippen LogP contribution < -0.4 is 9.47 Å². The van der Waals surface area contributed by atoms with E-state index in [2.05, 4.69) is 0 Å². The summed E-state index contributed by atoms with van der Waals surface area (Å²) in [4.78, 5) is 0. The second-order valence-electron chi connectivity index (χ2n) is 3.37. The van der Waals surface area contributed by atoms with Gasteiger partial charge in [0.25, 0.3) is 0 Å². The van der Waals surface area contributed by atoms with Crippen LogP contribution in [0, 0.1) is 0 Å². The lowest BCUT2D eigenvalue weighted by Gasteiger charge is -2.15. The predicted molar refractivity (Wildman–Crippen MR) is 57.3 cm³/mol. The minimum absolute atomic E-state index is 0.600. The van der Waals surface area contributed by atoms with Gasteiger partial charge in [-0.05, 0) is 18.2 Å². The van der Waals surface area contributed by atoms with Gasteiger partial charge in [0.15, 0.2) is 0 Å². The van der Waals surface area contributed by atoms with Crippen molar-refractivity contribution in [1.29, 1.82) is 0 Å². The summed E-state index contributed by atoms with van der Waals surface area (Å²) in [7, 11) is 1.66. The highest BCUT2D eigenvalue weighted by Gasteiger charge is 2.16. The minimum Gasteiger partial charge on any atom is -0.495 e. The second kappa shape index (κ2) is 3.05. The fraction of sp³-hybridized carbons (Fsp3) is 0.167. The standard InChI is InChI=1S/C12H10O3/c1-13-12-8-3-2-5-14-10(8)7-11-9(12)4-6-15-11/h2-4,6-7H,5H2,1H3. The van der Waals surface area contributed by atoms with E-state index < -0.39 is 0 Å². The van der Waals surface area contributed by atoms with E-state index in [-0.39, 0.29) is 0 Å². The Morgan fingerprint density at radius 2 is 2.33 bits per heavy atom. The van der Waals surface area contributed by atoms with E-state index in [0.717, 1.165) is 28.0 Å². The highest BCUT2D eigenvalue weighted by Crippen LogP contribution is 2.39. The van der Waals surface area contributed by atoms with Crippen molar-refractivity contribution in [1.82, 2.24) is 0 Å². The van der Waals surface area contributed by atoms with Gasteiger partial charge in [0, 0.05) is 6.07 Å². The minimum atomic E-state index is 0.600. The van der Waals surface area contributed by atoms with Crippen molar-refractivity contribution in [3.63, 3.8) is 0 Å². The predicted octanol–water partition coefficient (Wildman–Crippen LogP) is 2.85. The molecule has 76 valence electrons. The largest absolute Gasteiger partial charge is 0.495 e. The second-order valence-corrected chi connectivity index (χ2v) is 3.37. The van der Waals surface area contributed by atoms with Gasteiger partial charge in [-0.1, -0.05) is 0 Å². The maximum atomic E-state index is 5.52. The average molecular weight is 202 g/mol. The SMILES string of the molecule is COc1c2c(cc3occc13)OCC=C2. The molecule has 0 N–H and O–H groups in total. The summed E-state index contributed by atoms with van der Waals surface area (Å²) >= 11 is 0. The maximum Gasteiger partial charge on any atom is 0.141 e. The summed E-state index contributed by atoms with van der Waals surface area (Å²) in [5.41, 5.74) is 1.78. The molecule has 1 aliphatic heterocycles. The Hall–Kier alpha value is -1.90. The Bertz CT molecular complexity index is 537. The molecule has 3 nitrogen and oxygen atoms in total. The Balaban J connectivity index is 2.40. The van der Waals surface area contributed by atoms with Gasteiger partial charge in [-0.3, -0.25) is 0 Å². The zero-order valence-corrected chi connectivity index (χ0v) is 8.32. The van der Waals surface area contributed by atoms with Gasteiger partial charge >= 0.3 is 0 Å². The summed E-state index contributed by atoms with van der Waals surface area (Å²) in [5, 5.41) is 0.978. The summed E-state index contributed by atoms with van der Waals surface area (Å²) in [6.45, 7) is 0.600. The van der Waals surface area contributed by atoms with E-state index in [1.807, 2.05) is 24.3 Å². The first-order valence-electron chi connectivity index (χ1n) is 4.77. The molecule has 0 atom stereocenters. The molecular formula is C12H10O3. The van der Waals surface area contributed by atoms with Gasteiger partial charge in [-0.15, -0.1) is 0 Å². The van der Waals surface area contributed by atoms with Crippen LogP contribution in [-0.2, 0) is 0 Å². The molecule has 0 saturated carbocycles. The first kappa shape index (κ1) is 8.41. The highest BCUT2D eigenvalue weighted by molar-refractivity contribution is 5.91. The van der Waals surface area contributed by atoms with Crippen molar-refractivity contribution in [3.05, 3.63) is 30.0 Å². The number of fused-ring (bicyclic) bond motifs is 2. The number of rotatable bonds is 1. The van der Waals surface area contributed by atoms with Crippen LogP contribution in [0.25, 0.3) is 17.0 Å². The van der Waals surface area contributed by atoms with Crippen molar-refractivity contribution in [2.45, 2.75) is 0 Å². The van der Waals surface area contributed by atoms with Gasteiger partial charge in [-0.2, -0.15) is 0 Å². The third-order valence-corrected chi connectivity index (χ3v) is 2.54. The summed E-state index contributed by atoms with van der Waals surface area (Å²) in [6.07, 6.45) is 5.64. The summed E-state index contributed by atoms with van der Waals surface area (Å²) < 4.78 is 16.3. The van der Waals surface area contributed by atoms with Crippen LogP contribution in [-0.4, -0.2) is 13.7 Å². The molecule has 1 aromatic carbocycles. The molecule has 0 radical (unpaired) electrons. The average Bonchev–Trinajstić information content (AvgIpc) is 2.73. The van der Waals surface area contributed by atoms with Crippen molar-refractivity contribution < 1.29 is 13.9 Å². The molecule has 3 rings (SSSR count). The molecular weight excluding hydrogens is 192 g/mol. The molecule has 0 aliphatic carbocycles. The Morgan fingerprint density at radius 3 is 3.20 bits per heavy atom. The van der Waals surface area contributed by atoms with E-state index in [9.17, 15) is 0 Å². The van der Waals surface area contributed by atoms with Gasteiger partial charge in [0.1, 0.15) is 23.7 Å². The lowest BCUT2D eigenvalue weighted by atomic mass is 10.1. The van der Waals surface area contributed by atoms with Crippen LogP contribution in [0.2, 0.25) is 0 Å². The van der Waals surface area contributed by atoms with Crippen molar-refractivity contribution in [2.75, 3.05) is 13.7 Å². The normalized spacial score (nSPS) is 13.7. The van der Waals surface area contributed by atoms with Gasteiger partial charge in [0.05, 0.1) is 24.3 Å². The van der Waals surface area contributed by atoms with Crippen LogP contribution in [0.1, 0.15) is 5.56 Å². The van der Waals surface area contributed by atoms with Crippen LogP contribution in [0.5, 0.6) is 11.5 Å². The molecule has 0 fully saturated rings. The molecule has 0 unspecified atom stereocenters. The van der Waals surface area contributed by atoms with E-state index in [1.165, 1.54) is 0 Å². The Kier molecular flexibility index (Phi) is 1.71. The lowest BCUT2D eigenvalue weighted by Crippen LogP contribution is -2.01. The smallest absolute Gasteiger partial charge is 0.141 e. The van der Waals surface area contributed by atoms with Gasteiger partial charge in [-0.25, -0.2) is 0 Å². The molecule has 0 spiro atoms. The molecule has 2 aromatic rings. The molecule has 2 heterocycles. The van der Waals surface area contributed by atoms with E-state index in [4.69, 9.17) is 13.9 Å². The maximum absolute atomic E-state index is 5.52. The van der Waals surface area contributed by atoms with Crippen LogP contribution in [0.15, 0.2) is 28.9 Å². The zero-order valence-electron chi connectivity index (χ0n) is 8.32. The topological polar surface area (TPSA) is 31.6 Å². The summed E-state index contributed by atoms with van der Waals surface area (Å²) in [6, 6.07) is 3.80. The number of ether oxygens (including phenoxy) is 2.